The van der Waals surface area contributed by atoms with E-state index in [0.29, 0.717) is 47.0 Å². The van der Waals surface area contributed by atoms with Crippen molar-refractivity contribution in [2.45, 2.75) is 32.1 Å². The van der Waals surface area contributed by atoms with E-state index in [1.807, 2.05) is 0 Å². The third-order valence-corrected chi connectivity index (χ3v) is 4.72. The molecule has 0 fully saturated rings. The fourth-order valence-electron chi connectivity index (χ4n) is 3.06. The quantitative estimate of drug-likeness (QED) is 0.379. The van der Waals surface area contributed by atoms with Gasteiger partial charge in [-0.2, -0.15) is 0 Å². The van der Waals surface area contributed by atoms with Crippen molar-refractivity contribution in [3.8, 4) is 23.0 Å². The van der Waals surface area contributed by atoms with Gasteiger partial charge in [0, 0.05) is 24.0 Å². The highest BCUT2D eigenvalue weighted by atomic mass is 16.5. The van der Waals surface area contributed by atoms with E-state index in [2.05, 4.69) is 0 Å². The van der Waals surface area contributed by atoms with Crippen molar-refractivity contribution < 1.29 is 28.5 Å². The number of carbonyl (C=O) groups is 2. The Morgan fingerprint density at radius 2 is 0.966 bits per heavy atom. The Hall–Kier alpha value is -3.02. The fourth-order valence-corrected chi connectivity index (χ4v) is 3.06. The number of Topliss-reactive ketones (excluding diaryl/α,β-unsaturated/α-hetero) is 2. The summed E-state index contributed by atoms with van der Waals surface area (Å²) >= 11 is 0. The van der Waals surface area contributed by atoms with Gasteiger partial charge in [-0.25, -0.2) is 0 Å². The van der Waals surface area contributed by atoms with Crippen LogP contribution in [0, 0.1) is 0 Å². The van der Waals surface area contributed by atoms with Crippen LogP contribution < -0.4 is 18.9 Å². The molecule has 0 N–H and O–H groups in total. The van der Waals surface area contributed by atoms with Crippen LogP contribution in [0.2, 0.25) is 0 Å². The van der Waals surface area contributed by atoms with E-state index in [9.17, 15) is 9.59 Å². The summed E-state index contributed by atoms with van der Waals surface area (Å²) in [7, 11) is 6.20. The van der Waals surface area contributed by atoms with Crippen LogP contribution in [0.3, 0.4) is 0 Å². The first-order chi connectivity index (χ1) is 14.0. The first kappa shape index (κ1) is 22.3. The molecule has 0 aromatic heterocycles. The first-order valence-corrected chi connectivity index (χ1v) is 9.54. The molecule has 156 valence electrons. The first-order valence-electron chi connectivity index (χ1n) is 9.54. The molecule has 0 aliphatic heterocycles. The molecule has 2 rings (SSSR count). The summed E-state index contributed by atoms with van der Waals surface area (Å²) in [5.41, 5.74) is 1.20. The molecule has 2 aromatic carbocycles. The summed E-state index contributed by atoms with van der Waals surface area (Å²) in [5.74, 6) is 2.38. The summed E-state index contributed by atoms with van der Waals surface area (Å²) in [6, 6.07) is 10.3. The predicted octanol–water partition coefficient (Wildman–Crippen LogP) is 4.74. The van der Waals surface area contributed by atoms with E-state index in [1.54, 1.807) is 64.8 Å². The number of benzene rings is 2. The molecular weight excluding hydrogens is 372 g/mol. The van der Waals surface area contributed by atoms with Gasteiger partial charge in [-0.1, -0.05) is 6.42 Å². The summed E-state index contributed by atoms with van der Waals surface area (Å²) in [6.45, 7) is 0. The second-order valence-corrected chi connectivity index (χ2v) is 6.55. The third-order valence-electron chi connectivity index (χ3n) is 4.72. The highest BCUT2D eigenvalue weighted by molar-refractivity contribution is 5.97. The van der Waals surface area contributed by atoms with Crippen molar-refractivity contribution in [3.63, 3.8) is 0 Å². The third kappa shape index (κ3) is 5.98. The van der Waals surface area contributed by atoms with Gasteiger partial charge in [0.1, 0.15) is 0 Å². The lowest BCUT2D eigenvalue weighted by Gasteiger charge is -2.09. The van der Waals surface area contributed by atoms with Crippen LogP contribution >= 0.6 is 0 Å². The van der Waals surface area contributed by atoms with E-state index in [4.69, 9.17) is 18.9 Å². The molecule has 0 bridgehead atoms. The van der Waals surface area contributed by atoms with Gasteiger partial charge >= 0.3 is 0 Å². The molecule has 0 heterocycles. The van der Waals surface area contributed by atoms with Gasteiger partial charge < -0.3 is 18.9 Å². The van der Waals surface area contributed by atoms with Gasteiger partial charge in [0.05, 0.1) is 28.4 Å². The monoisotopic (exact) mass is 400 g/mol. The molecule has 0 aliphatic carbocycles. The molecule has 0 saturated carbocycles. The van der Waals surface area contributed by atoms with Crippen molar-refractivity contribution in [1.29, 1.82) is 0 Å². The van der Waals surface area contributed by atoms with E-state index in [-0.39, 0.29) is 11.6 Å². The molecule has 0 spiro atoms. The highest BCUT2D eigenvalue weighted by Crippen LogP contribution is 2.29. The maximum absolute atomic E-state index is 12.4. The predicted molar refractivity (Wildman–Crippen MR) is 111 cm³/mol. The zero-order valence-electron chi connectivity index (χ0n) is 17.4. The molecule has 0 saturated heterocycles. The highest BCUT2D eigenvalue weighted by Gasteiger charge is 2.12. The zero-order valence-corrected chi connectivity index (χ0v) is 17.4. The standard InChI is InChI=1S/C23H28O6/c1-26-20-12-10-16(14-22(20)28-3)18(24)8-6-5-7-9-19(25)17-11-13-21(27-2)23(15-17)29-4/h10-15H,5-9H2,1-4H3. The van der Waals surface area contributed by atoms with E-state index >= 15 is 0 Å². The molecule has 0 unspecified atom stereocenters. The fraction of sp³-hybridized carbons (Fsp3) is 0.391. The molecule has 6 nitrogen and oxygen atoms in total. The zero-order chi connectivity index (χ0) is 21.2. The van der Waals surface area contributed by atoms with Crippen molar-refractivity contribution in [2.75, 3.05) is 28.4 Å². The maximum Gasteiger partial charge on any atom is 0.163 e. The van der Waals surface area contributed by atoms with E-state index in [0.717, 1.165) is 19.3 Å². The van der Waals surface area contributed by atoms with Crippen molar-refractivity contribution in [1.82, 2.24) is 0 Å². The van der Waals surface area contributed by atoms with Crippen molar-refractivity contribution in [2.24, 2.45) is 0 Å². The molecule has 0 atom stereocenters. The number of ketones is 2. The molecule has 0 aliphatic rings. The lowest BCUT2D eigenvalue weighted by molar-refractivity contribution is 0.0977. The minimum atomic E-state index is 0.0529. The van der Waals surface area contributed by atoms with Crippen LogP contribution in [0.4, 0.5) is 0 Å². The largest absolute Gasteiger partial charge is 0.493 e. The van der Waals surface area contributed by atoms with Gasteiger partial charge in [-0.3, -0.25) is 9.59 Å². The molecule has 0 amide bonds. The van der Waals surface area contributed by atoms with Crippen LogP contribution in [0.15, 0.2) is 36.4 Å². The van der Waals surface area contributed by atoms with Crippen LogP contribution in [-0.2, 0) is 0 Å². The minimum absolute atomic E-state index is 0.0529. The summed E-state index contributed by atoms with van der Waals surface area (Å²) in [4.78, 5) is 24.7. The molecule has 29 heavy (non-hydrogen) atoms. The lowest BCUT2D eigenvalue weighted by Crippen LogP contribution is -2.02. The van der Waals surface area contributed by atoms with E-state index < -0.39 is 0 Å². The molecular formula is C23H28O6. The number of hydrogen-bond acceptors (Lipinski definition) is 6. The molecule has 2 aromatic rings. The number of carbonyl (C=O) groups excluding carboxylic acids is 2. The lowest BCUT2D eigenvalue weighted by atomic mass is 10.0. The Morgan fingerprint density at radius 3 is 1.31 bits per heavy atom. The molecule has 6 heteroatoms. The Balaban J connectivity index is 1.79. The minimum Gasteiger partial charge on any atom is -0.493 e. The Kier molecular flexibility index (Phi) is 8.52. The van der Waals surface area contributed by atoms with Gasteiger partial charge in [0.15, 0.2) is 34.6 Å². The summed E-state index contributed by atoms with van der Waals surface area (Å²) in [6.07, 6.45) is 3.12. The topological polar surface area (TPSA) is 71.1 Å². The Bertz CT molecular complexity index is 774. The van der Waals surface area contributed by atoms with Crippen molar-refractivity contribution in [3.05, 3.63) is 47.5 Å². The summed E-state index contributed by atoms with van der Waals surface area (Å²) < 4.78 is 20.9. The van der Waals surface area contributed by atoms with E-state index in [1.165, 1.54) is 0 Å². The van der Waals surface area contributed by atoms with Crippen LogP contribution in [0.5, 0.6) is 23.0 Å². The average Bonchev–Trinajstić information content (AvgIpc) is 2.77. The SMILES string of the molecule is COc1ccc(C(=O)CCCCCC(=O)c2ccc(OC)c(OC)c2)cc1OC. The maximum atomic E-state index is 12.4. The Morgan fingerprint density at radius 1 is 0.586 bits per heavy atom. The number of methoxy groups -OCH3 is 4. The van der Waals surface area contributed by atoms with Crippen molar-refractivity contribution >= 4 is 11.6 Å². The number of rotatable bonds is 12. The van der Waals surface area contributed by atoms with Gasteiger partial charge in [0.25, 0.3) is 0 Å². The Labute approximate surface area is 171 Å². The van der Waals surface area contributed by atoms with Gasteiger partial charge in [-0.15, -0.1) is 0 Å². The van der Waals surface area contributed by atoms with Gasteiger partial charge in [-0.05, 0) is 49.2 Å². The number of unbranched alkanes of at least 4 members (excludes halogenated alkanes) is 2. The van der Waals surface area contributed by atoms with Crippen LogP contribution in [-0.4, -0.2) is 40.0 Å². The second kappa shape index (κ2) is 11.1. The van der Waals surface area contributed by atoms with Crippen LogP contribution in [0.1, 0.15) is 52.8 Å². The number of ether oxygens (including phenoxy) is 4. The van der Waals surface area contributed by atoms with Crippen LogP contribution in [0.25, 0.3) is 0 Å². The summed E-state index contributed by atoms with van der Waals surface area (Å²) in [5, 5.41) is 0. The smallest absolute Gasteiger partial charge is 0.163 e. The normalized spacial score (nSPS) is 10.3. The van der Waals surface area contributed by atoms with Gasteiger partial charge in [0.2, 0.25) is 0 Å². The second-order valence-electron chi connectivity index (χ2n) is 6.55. The average molecular weight is 400 g/mol. The molecule has 0 radical (unpaired) electrons. The number of hydrogen-bond donors (Lipinski definition) is 0.